The van der Waals surface area contributed by atoms with Crippen LogP contribution in [-0.2, 0) is 47.5 Å². The van der Waals surface area contributed by atoms with Crippen LogP contribution in [-0.4, -0.2) is 130 Å². The highest BCUT2D eigenvalue weighted by atomic mass is 16.7. The Morgan fingerprint density at radius 3 is 2.24 bits per heavy atom. The predicted octanol–water partition coefficient (Wildman–Crippen LogP) is 2.61. The van der Waals surface area contributed by atoms with Gasteiger partial charge in [0.25, 0.3) is 0 Å². The largest absolute Gasteiger partial charge is 0.462 e. The van der Waals surface area contributed by atoms with Crippen molar-refractivity contribution in [3.05, 3.63) is 0 Å². The first-order valence-corrected chi connectivity index (χ1v) is 20.0. The average Bonchev–Trinajstić information content (AvgIpc) is 3.65. The fraction of sp³-hybridized carbons (Fsp3) is 0.925. The van der Waals surface area contributed by atoms with Crippen molar-refractivity contribution in [1.29, 1.82) is 0 Å². The molecule has 6 rings (SSSR count). The summed E-state index contributed by atoms with van der Waals surface area (Å²) in [5.41, 5.74) is -2.13. The van der Waals surface area contributed by atoms with Gasteiger partial charge >= 0.3 is 11.9 Å². The summed E-state index contributed by atoms with van der Waals surface area (Å²) in [5.74, 6) is -0.898. The van der Waals surface area contributed by atoms with Gasteiger partial charge in [-0.15, -0.1) is 0 Å². The number of aliphatic hydroxyl groups is 4. The summed E-state index contributed by atoms with van der Waals surface area (Å²) in [5, 5.41) is 41.5. The van der Waals surface area contributed by atoms with E-state index in [0.29, 0.717) is 25.9 Å². The van der Waals surface area contributed by atoms with Crippen molar-refractivity contribution in [2.24, 2.45) is 34.5 Å². The number of hydrogen-bond donors (Lipinski definition) is 4. The molecular weight excluding hydrogens is 704 g/mol. The van der Waals surface area contributed by atoms with Crippen LogP contribution in [0.5, 0.6) is 0 Å². The highest BCUT2D eigenvalue weighted by Gasteiger charge is 2.91. The van der Waals surface area contributed by atoms with Gasteiger partial charge < -0.3 is 53.6 Å². The van der Waals surface area contributed by atoms with E-state index in [-0.39, 0.29) is 47.4 Å². The molecule has 54 heavy (non-hydrogen) atoms. The standard InChI is InChI=1S/C40H64O14/c1-19(2)18-49-33-34-37(7)13-11-25(52-28(44)17-27(48-9)32(21(4)42)53-36-31(47)30(46)29(45)22(5)50-36)16-24(37)10-14-39(34)40(54-39)15-12-26(20(3)41)38(40,8)35(33)51-23(6)43/h19,21-22,24-27,29-36,42,45-47H,10-18H2,1-9H3/t21?,22-,24+,25+,26-,27?,29-,30-,31-,32?,33+,34-,35-,36+,37+,38+,39+,40-/m1/s1. The molecule has 6 aliphatic rings. The highest BCUT2D eigenvalue weighted by Crippen LogP contribution is 2.81. The number of aliphatic hydroxyl groups excluding tert-OH is 4. The third kappa shape index (κ3) is 6.66. The monoisotopic (exact) mass is 768 g/mol. The fourth-order valence-electron chi connectivity index (χ4n) is 11.9. The average molecular weight is 769 g/mol. The van der Waals surface area contributed by atoms with Crippen LogP contribution in [0.25, 0.3) is 0 Å². The third-order valence-corrected chi connectivity index (χ3v) is 14.5. The third-order valence-electron chi connectivity index (χ3n) is 14.5. The van der Waals surface area contributed by atoms with Gasteiger partial charge in [-0.1, -0.05) is 27.7 Å². The summed E-state index contributed by atoms with van der Waals surface area (Å²) in [6.45, 7) is 15.0. The molecule has 0 radical (unpaired) electrons. The fourth-order valence-corrected chi connectivity index (χ4v) is 11.9. The molecular formula is C40H64O14. The van der Waals surface area contributed by atoms with Crippen molar-refractivity contribution in [1.82, 2.24) is 0 Å². The number of carbonyl (C=O) groups excluding carboxylic acids is 3. The molecule has 2 spiro atoms. The molecule has 4 N–H and O–H groups in total. The Labute approximate surface area is 318 Å². The lowest BCUT2D eigenvalue weighted by Gasteiger charge is -2.62. The number of Topliss-reactive ketones (excluding diaryl/α,β-unsaturated/α-hetero) is 1. The zero-order valence-electron chi connectivity index (χ0n) is 33.4. The molecule has 0 aromatic rings. The van der Waals surface area contributed by atoms with Crippen molar-refractivity contribution in [2.45, 2.75) is 185 Å². The molecule has 0 bridgehead atoms. The van der Waals surface area contributed by atoms with E-state index in [1.807, 2.05) is 0 Å². The van der Waals surface area contributed by atoms with E-state index in [1.165, 1.54) is 27.9 Å². The van der Waals surface area contributed by atoms with Gasteiger partial charge in [-0.05, 0) is 83.0 Å². The first kappa shape index (κ1) is 41.9. The molecule has 4 saturated carbocycles. The molecule has 14 heteroatoms. The highest BCUT2D eigenvalue weighted by molar-refractivity contribution is 5.81. The van der Waals surface area contributed by atoms with Crippen LogP contribution in [0.1, 0.15) is 107 Å². The molecule has 18 atom stereocenters. The topological polar surface area (TPSA) is 200 Å². The van der Waals surface area contributed by atoms with Crippen LogP contribution >= 0.6 is 0 Å². The van der Waals surface area contributed by atoms with E-state index in [2.05, 4.69) is 27.7 Å². The second-order valence-corrected chi connectivity index (χ2v) is 18.1. The zero-order valence-corrected chi connectivity index (χ0v) is 33.4. The van der Waals surface area contributed by atoms with Crippen molar-refractivity contribution < 1.29 is 68.0 Å². The lowest BCUT2D eigenvalue weighted by Crippen LogP contribution is -2.70. The number of rotatable bonds is 13. The maximum Gasteiger partial charge on any atom is 0.308 e. The van der Waals surface area contributed by atoms with Gasteiger partial charge in [0.15, 0.2) is 6.29 Å². The Bertz CT molecular complexity index is 1410. The SMILES string of the molecule is COC(CC(=O)O[C@H]1CC[C@@]2(C)[C@@H](CC[C@@]34O[C@@]35CC[C@H](C(C)=O)[C@@]5(C)[C@H](OC(C)=O)[C@@H](OCC(C)C)[C@H]24)C1)C(O[C@@H]1O[C@H](C)[C@@H](O)[C@@H](O)[C@H]1O)C(C)O. The number of ketones is 1. The molecule has 3 unspecified atom stereocenters. The molecule has 14 nitrogen and oxygen atoms in total. The normalized spacial score (nSPS) is 47.0. The maximum atomic E-state index is 13.5. The van der Waals surface area contributed by atoms with Crippen LogP contribution in [0.4, 0.5) is 0 Å². The van der Waals surface area contributed by atoms with E-state index < -0.39 is 89.8 Å². The molecule has 2 aliphatic heterocycles. The van der Waals surface area contributed by atoms with Crippen LogP contribution in [0, 0.1) is 34.5 Å². The zero-order chi connectivity index (χ0) is 39.7. The summed E-state index contributed by atoms with van der Waals surface area (Å²) >= 11 is 0. The van der Waals surface area contributed by atoms with E-state index >= 15 is 0 Å². The maximum absolute atomic E-state index is 13.5. The molecule has 0 aromatic heterocycles. The van der Waals surface area contributed by atoms with Crippen LogP contribution in [0.3, 0.4) is 0 Å². The summed E-state index contributed by atoms with van der Waals surface area (Å²) in [7, 11) is 1.38. The minimum absolute atomic E-state index is 0.0793. The Hall–Kier alpha value is -1.75. The van der Waals surface area contributed by atoms with Crippen molar-refractivity contribution in [2.75, 3.05) is 13.7 Å². The summed E-state index contributed by atoms with van der Waals surface area (Å²) in [4.78, 5) is 39.5. The first-order chi connectivity index (χ1) is 25.3. The second-order valence-electron chi connectivity index (χ2n) is 18.1. The summed E-state index contributed by atoms with van der Waals surface area (Å²) < 4.78 is 43.4. The van der Waals surface area contributed by atoms with Gasteiger partial charge in [0, 0.05) is 37.9 Å². The summed E-state index contributed by atoms with van der Waals surface area (Å²) in [6, 6.07) is 0. The van der Waals surface area contributed by atoms with Crippen molar-refractivity contribution in [3.8, 4) is 0 Å². The Balaban J connectivity index is 1.19. The molecule has 2 saturated heterocycles. The molecule has 308 valence electrons. The minimum Gasteiger partial charge on any atom is -0.462 e. The van der Waals surface area contributed by atoms with E-state index in [4.69, 9.17) is 33.2 Å². The molecule has 2 heterocycles. The number of methoxy groups -OCH3 is 1. The number of epoxide rings is 1. The molecule has 6 fully saturated rings. The number of carbonyl (C=O) groups is 3. The van der Waals surface area contributed by atoms with Gasteiger partial charge in [0.2, 0.25) is 0 Å². The Kier molecular flexibility index (Phi) is 11.8. The lowest BCUT2D eigenvalue weighted by molar-refractivity contribution is -0.317. The smallest absolute Gasteiger partial charge is 0.308 e. The van der Waals surface area contributed by atoms with Crippen LogP contribution in [0.2, 0.25) is 0 Å². The first-order valence-electron chi connectivity index (χ1n) is 20.0. The second kappa shape index (κ2) is 15.2. The summed E-state index contributed by atoms with van der Waals surface area (Å²) in [6.07, 6.45) is -6.74. The minimum atomic E-state index is -1.59. The van der Waals surface area contributed by atoms with E-state index in [0.717, 1.165) is 25.7 Å². The van der Waals surface area contributed by atoms with E-state index in [9.17, 15) is 34.8 Å². The predicted molar refractivity (Wildman–Crippen MR) is 191 cm³/mol. The van der Waals surface area contributed by atoms with Crippen molar-refractivity contribution >= 4 is 17.7 Å². The van der Waals surface area contributed by atoms with Crippen molar-refractivity contribution in [3.63, 3.8) is 0 Å². The number of ether oxygens (including phenoxy) is 7. The molecule has 4 aliphatic carbocycles. The van der Waals surface area contributed by atoms with Gasteiger partial charge in [-0.3, -0.25) is 14.4 Å². The van der Waals surface area contributed by atoms with Gasteiger partial charge in [0.1, 0.15) is 59.7 Å². The number of esters is 2. The van der Waals surface area contributed by atoms with Gasteiger partial charge in [0.05, 0.1) is 24.7 Å². The quantitative estimate of drug-likeness (QED) is 0.157. The number of hydrogen-bond acceptors (Lipinski definition) is 14. The van der Waals surface area contributed by atoms with Crippen LogP contribution in [0.15, 0.2) is 0 Å². The Morgan fingerprint density at radius 1 is 0.926 bits per heavy atom. The molecule has 0 amide bonds. The van der Waals surface area contributed by atoms with Gasteiger partial charge in [-0.25, -0.2) is 0 Å². The van der Waals surface area contributed by atoms with E-state index in [1.54, 1.807) is 6.92 Å². The molecule has 0 aromatic carbocycles. The lowest BCUT2D eigenvalue weighted by atomic mass is 9.43. The van der Waals surface area contributed by atoms with Gasteiger partial charge in [-0.2, -0.15) is 0 Å². The van der Waals surface area contributed by atoms with Crippen LogP contribution < -0.4 is 0 Å². The number of fused-ring (bicyclic) bond motifs is 2. The Morgan fingerprint density at radius 2 is 1.63 bits per heavy atom.